The van der Waals surface area contributed by atoms with Crippen molar-refractivity contribution in [3.05, 3.63) is 88.0 Å². The van der Waals surface area contributed by atoms with Gasteiger partial charge in [-0.15, -0.1) is 0 Å². The SMILES string of the molecule is CCN(CC)CCn1c(NC(=O)c2ccc([N+](=O)[O-])cc2C(=O)Nc2nc3ccccc3n2CCN(CC)CC)nc2ccccc21. The minimum Gasteiger partial charge on any atom is -0.309 e. The lowest BCUT2D eigenvalue weighted by molar-refractivity contribution is -0.384. The van der Waals surface area contributed by atoms with Crippen LogP contribution in [0.2, 0.25) is 0 Å². The van der Waals surface area contributed by atoms with Gasteiger partial charge in [0, 0.05) is 38.3 Å². The van der Waals surface area contributed by atoms with Crippen LogP contribution in [-0.2, 0) is 13.1 Å². The van der Waals surface area contributed by atoms with Gasteiger partial charge in [-0.1, -0.05) is 52.0 Å². The van der Waals surface area contributed by atoms with Gasteiger partial charge in [-0.05, 0) is 56.5 Å². The molecule has 0 fully saturated rings. The molecule has 2 N–H and O–H groups in total. The zero-order chi connectivity index (χ0) is 33.5. The van der Waals surface area contributed by atoms with Gasteiger partial charge in [-0.25, -0.2) is 9.97 Å². The summed E-state index contributed by atoms with van der Waals surface area (Å²) in [6.45, 7) is 14.5. The van der Waals surface area contributed by atoms with E-state index in [1.165, 1.54) is 12.1 Å². The highest BCUT2D eigenvalue weighted by Gasteiger charge is 2.25. The van der Waals surface area contributed by atoms with Crippen molar-refractivity contribution < 1.29 is 14.5 Å². The van der Waals surface area contributed by atoms with Gasteiger partial charge >= 0.3 is 0 Å². The molecule has 0 saturated heterocycles. The minimum absolute atomic E-state index is 0.0266. The number of nitro benzene ring substituents is 1. The fraction of sp³-hybridized carbons (Fsp3) is 0.353. The van der Waals surface area contributed by atoms with Crippen LogP contribution in [0.15, 0.2) is 66.7 Å². The van der Waals surface area contributed by atoms with E-state index in [9.17, 15) is 19.7 Å². The van der Waals surface area contributed by atoms with E-state index in [0.717, 1.165) is 56.4 Å². The number of hydrogen-bond donors (Lipinski definition) is 2. The van der Waals surface area contributed by atoms with Crippen LogP contribution in [0.1, 0.15) is 48.4 Å². The Labute approximate surface area is 273 Å². The second kappa shape index (κ2) is 15.0. The number of amides is 2. The highest BCUT2D eigenvalue weighted by atomic mass is 16.6. The molecule has 0 bridgehead atoms. The van der Waals surface area contributed by atoms with E-state index in [4.69, 9.17) is 0 Å². The maximum Gasteiger partial charge on any atom is 0.270 e. The minimum atomic E-state index is -0.687. The van der Waals surface area contributed by atoms with Gasteiger partial charge < -0.3 is 18.9 Å². The van der Waals surface area contributed by atoms with Gasteiger partial charge in [0.2, 0.25) is 11.9 Å². The molecule has 3 aromatic carbocycles. The van der Waals surface area contributed by atoms with Crippen LogP contribution in [0.3, 0.4) is 0 Å². The van der Waals surface area contributed by atoms with E-state index in [2.05, 4.69) is 58.1 Å². The normalized spacial score (nSPS) is 11.5. The number of carbonyl (C=O) groups is 2. The number of aromatic nitrogens is 4. The molecule has 0 unspecified atom stereocenters. The zero-order valence-electron chi connectivity index (χ0n) is 27.3. The molecule has 2 heterocycles. The van der Waals surface area contributed by atoms with Crippen LogP contribution >= 0.6 is 0 Å². The number of benzene rings is 3. The number of fused-ring (bicyclic) bond motifs is 2. The summed E-state index contributed by atoms with van der Waals surface area (Å²) in [6.07, 6.45) is 0. The topological polar surface area (TPSA) is 143 Å². The molecule has 5 aromatic rings. The van der Waals surface area contributed by atoms with E-state index < -0.39 is 16.7 Å². The summed E-state index contributed by atoms with van der Waals surface area (Å²) in [6, 6.07) is 18.8. The van der Waals surface area contributed by atoms with E-state index in [1.54, 1.807) is 0 Å². The van der Waals surface area contributed by atoms with Crippen LogP contribution in [-0.4, -0.2) is 84.9 Å². The molecule has 5 rings (SSSR count). The number of para-hydroxylation sites is 4. The first kappa shape index (κ1) is 33.2. The van der Waals surface area contributed by atoms with Crippen LogP contribution in [0, 0.1) is 10.1 Å². The molecule has 2 aromatic heterocycles. The van der Waals surface area contributed by atoms with Gasteiger partial charge in [0.05, 0.1) is 38.1 Å². The standard InChI is InChI=1S/C34H41N9O4/c1-5-39(6-2)19-21-41-29-15-11-9-13-27(29)35-33(41)37-31(44)25-18-17-24(43(46)47)23-26(25)32(45)38-34-36-28-14-10-12-16-30(28)42(34)22-20-40(7-3)8-4/h9-18,23H,5-8,19-22H2,1-4H3,(H,35,37,44)(H,36,38,45). The average Bonchev–Trinajstić information content (AvgIpc) is 3.61. The molecule has 2 amide bonds. The number of nitro groups is 1. The van der Waals surface area contributed by atoms with Crippen molar-refractivity contribution >= 4 is 51.5 Å². The molecular weight excluding hydrogens is 598 g/mol. The molecule has 0 aliphatic carbocycles. The van der Waals surface area contributed by atoms with Gasteiger partial charge in [-0.2, -0.15) is 0 Å². The molecule has 13 heteroatoms. The number of non-ortho nitro benzene ring substituents is 1. The predicted molar refractivity (Wildman–Crippen MR) is 184 cm³/mol. The lowest BCUT2D eigenvalue weighted by Crippen LogP contribution is -2.28. The monoisotopic (exact) mass is 639 g/mol. The summed E-state index contributed by atoms with van der Waals surface area (Å²) in [5, 5.41) is 17.5. The Morgan fingerprint density at radius 3 is 1.60 bits per heavy atom. The molecular formula is C34H41N9O4. The zero-order valence-corrected chi connectivity index (χ0v) is 27.3. The summed E-state index contributed by atoms with van der Waals surface area (Å²) in [5.41, 5.74) is 2.63. The summed E-state index contributed by atoms with van der Waals surface area (Å²) < 4.78 is 3.86. The van der Waals surface area contributed by atoms with Crippen molar-refractivity contribution in [3.63, 3.8) is 0 Å². The van der Waals surface area contributed by atoms with E-state index in [-0.39, 0.29) is 16.8 Å². The van der Waals surface area contributed by atoms with Crippen LogP contribution in [0.25, 0.3) is 22.1 Å². The van der Waals surface area contributed by atoms with Gasteiger partial charge in [0.15, 0.2) is 0 Å². The van der Waals surface area contributed by atoms with Crippen molar-refractivity contribution in [2.75, 3.05) is 49.9 Å². The van der Waals surface area contributed by atoms with Crippen molar-refractivity contribution in [3.8, 4) is 0 Å². The third-order valence-electron chi connectivity index (χ3n) is 8.53. The first-order valence-electron chi connectivity index (χ1n) is 16.0. The van der Waals surface area contributed by atoms with Crippen LogP contribution in [0.4, 0.5) is 17.6 Å². The first-order valence-corrected chi connectivity index (χ1v) is 16.0. The van der Waals surface area contributed by atoms with Crippen LogP contribution < -0.4 is 10.6 Å². The Hall–Kier alpha value is -5.14. The Bertz CT molecular complexity index is 1890. The largest absolute Gasteiger partial charge is 0.309 e. The third-order valence-corrected chi connectivity index (χ3v) is 8.53. The maximum atomic E-state index is 13.9. The summed E-state index contributed by atoms with van der Waals surface area (Å²) in [4.78, 5) is 52.7. The molecule has 0 atom stereocenters. The van der Waals surface area contributed by atoms with Crippen LogP contribution in [0.5, 0.6) is 0 Å². The van der Waals surface area contributed by atoms with Gasteiger partial charge in [0.25, 0.3) is 17.5 Å². The first-order chi connectivity index (χ1) is 22.8. The number of carbonyl (C=O) groups excluding carboxylic acids is 2. The molecule has 246 valence electrons. The van der Waals surface area contributed by atoms with E-state index in [1.807, 2.05) is 57.7 Å². The Balaban J connectivity index is 1.48. The van der Waals surface area contributed by atoms with Crippen molar-refractivity contribution in [1.82, 2.24) is 28.9 Å². The van der Waals surface area contributed by atoms with Crippen molar-refractivity contribution in [2.24, 2.45) is 0 Å². The molecule has 0 spiro atoms. The number of imidazole rings is 2. The molecule has 47 heavy (non-hydrogen) atoms. The van der Waals surface area contributed by atoms with E-state index >= 15 is 0 Å². The van der Waals surface area contributed by atoms with Crippen molar-refractivity contribution in [2.45, 2.75) is 40.8 Å². The smallest absolute Gasteiger partial charge is 0.270 e. The highest BCUT2D eigenvalue weighted by Crippen LogP contribution is 2.25. The second-order valence-electron chi connectivity index (χ2n) is 11.1. The Morgan fingerprint density at radius 1 is 0.702 bits per heavy atom. The average molecular weight is 640 g/mol. The van der Waals surface area contributed by atoms with Gasteiger partial charge in [0.1, 0.15) is 0 Å². The molecule has 0 aliphatic heterocycles. The fourth-order valence-corrected chi connectivity index (χ4v) is 5.73. The predicted octanol–water partition coefficient (Wildman–Crippen LogP) is 5.48. The number of nitrogens with zero attached hydrogens (tertiary/aromatic N) is 7. The van der Waals surface area contributed by atoms with Crippen molar-refractivity contribution in [1.29, 1.82) is 0 Å². The number of nitrogens with one attached hydrogen (secondary N) is 2. The second-order valence-corrected chi connectivity index (χ2v) is 11.1. The number of anilines is 2. The number of likely N-dealkylation sites (N-methyl/N-ethyl adjacent to an activating group) is 2. The highest BCUT2D eigenvalue weighted by molar-refractivity contribution is 6.15. The molecule has 13 nitrogen and oxygen atoms in total. The Morgan fingerprint density at radius 2 is 1.15 bits per heavy atom. The lowest BCUT2D eigenvalue weighted by atomic mass is 10.0. The third kappa shape index (κ3) is 7.31. The summed E-state index contributed by atoms with van der Waals surface area (Å²) >= 11 is 0. The van der Waals surface area contributed by atoms with Gasteiger partial charge in [-0.3, -0.25) is 30.3 Å². The van der Waals surface area contributed by atoms with E-state index in [0.29, 0.717) is 36.0 Å². The maximum absolute atomic E-state index is 13.9. The Kier molecular flexibility index (Phi) is 10.6. The summed E-state index contributed by atoms with van der Waals surface area (Å²) in [7, 11) is 0. The lowest BCUT2D eigenvalue weighted by Gasteiger charge is -2.20. The fourth-order valence-electron chi connectivity index (χ4n) is 5.73. The molecule has 0 saturated carbocycles. The molecule has 0 radical (unpaired) electrons. The number of hydrogen-bond acceptors (Lipinski definition) is 8. The molecule has 0 aliphatic rings. The summed E-state index contributed by atoms with van der Waals surface area (Å²) in [5.74, 6) is -0.682. The number of rotatable bonds is 15. The quantitative estimate of drug-likeness (QED) is 0.113.